The van der Waals surface area contributed by atoms with Gasteiger partial charge in [0.1, 0.15) is 0 Å². The molecule has 1 N–H and O–H groups in total. The minimum atomic E-state index is -0.118. The largest absolute Gasteiger partial charge is 0.493 e. The molecule has 4 heteroatoms. The van der Waals surface area contributed by atoms with Crippen molar-refractivity contribution in [3.8, 4) is 11.5 Å². The second kappa shape index (κ2) is 6.72. The normalized spacial score (nSPS) is 12.3. The third-order valence-electron chi connectivity index (χ3n) is 2.70. The highest BCUT2D eigenvalue weighted by Crippen LogP contribution is 2.35. The molecule has 0 heterocycles. The summed E-state index contributed by atoms with van der Waals surface area (Å²) in [5, 5.41) is 9.82. The van der Waals surface area contributed by atoms with Crippen LogP contribution in [-0.4, -0.2) is 18.8 Å². The van der Waals surface area contributed by atoms with Gasteiger partial charge in [0.2, 0.25) is 0 Å². The second-order valence-electron chi connectivity index (χ2n) is 4.08. The molecular weight excluding hydrogens is 240 g/mol. The fraction of sp³-hybridized carbons (Fsp3) is 0.538. The lowest BCUT2D eigenvalue weighted by molar-refractivity contribution is 0.228. The Morgan fingerprint density at radius 1 is 1.41 bits per heavy atom. The molecule has 0 fully saturated rings. The van der Waals surface area contributed by atoms with Crippen LogP contribution in [0.25, 0.3) is 0 Å². The van der Waals surface area contributed by atoms with Crippen LogP contribution in [0.15, 0.2) is 12.1 Å². The van der Waals surface area contributed by atoms with Gasteiger partial charge in [0.15, 0.2) is 11.5 Å². The summed E-state index contributed by atoms with van der Waals surface area (Å²) in [6.07, 6.45) is 1.05. The zero-order valence-corrected chi connectivity index (χ0v) is 11.3. The van der Waals surface area contributed by atoms with E-state index >= 15 is 0 Å². The zero-order chi connectivity index (χ0) is 12.8. The molecule has 96 valence electrons. The van der Waals surface area contributed by atoms with Crippen molar-refractivity contribution in [3.63, 3.8) is 0 Å². The summed E-state index contributed by atoms with van der Waals surface area (Å²) in [6.45, 7) is 4.70. The Kier molecular flexibility index (Phi) is 5.59. The molecule has 3 nitrogen and oxygen atoms in total. The van der Waals surface area contributed by atoms with E-state index in [2.05, 4.69) is 13.8 Å². The van der Waals surface area contributed by atoms with Crippen molar-refractivity contribution in [1.82, 2.24) is 0 Å². The van der Waals surface area contributed by atoms with Gasteiger partial charge in [-0.05, 0) is 12.0 Å². The molecule has 1 rings (SSSR count). The molecule has 0 amide bonds. The summed E-state index contributed by atoms with van der Waals surface area (Å²) in [6, 6.07) is 3.38. The maximum absolute atomic E-state index is 9.29. The van der Waals surface area contributed by atoms with Crippen LogP contribution in [0.4, 0.5) is 0 Å². The van der Waals surface area contributed by atoms with Crippen LogP contribution >= 0.6 is 11.6 Å². The Hall–Kier alpha value is -0.930. The number of hydrogen-bond donors (Lipinski definition) is 1. The number of methoxy groups -OCH3 is 1. The number of aliphatic hydroxyl groups is 1. The van der Waals surface area contributed by atoms with E-state index in [9.17, 15) is 5.11 Å². The van der Waals surface area contributed by atoms with Gasteiger partial charge in [0.05, 0.1) is 20.3 Å². The highest BCUT2D eigenvalue weighted by molar-refractivity contribution is 6.30. The lowest BCUT2D eigenvalue weighted by atomic mass is 10.1. The van der Waals surface area contributed by atoms with Gasteiger partial charge < -0.3 is 14.6 Å². The SMILES string of the molecule is CCC(C)COc1c(CO)cc(Cl)cc1OC. The number of hydrogen-bond acceptors (Lipinski definition) is 3. The summed E-state index contributed by atoms with van der Waals surface area (Å²) in [7, 11) is 1.56. The van der Waals surface area contributed by atoms with E-state index in [1.807, 2.05) is 0 Å². The van der Waals surface area contributed by atoms with Gasteiger partial charge in [-0.25, -0.2) is 0 Å². The molecule has 0 saturated carbocycles. The molecule has 0 saturated heterocycles. The molecule has 0 radical (unpaired) electrons. The van der Waals surface area contributed by atoms with Crippen molar-refractivity contribution >= 4 is 11.6 Å². The molecule has 0 aliphatic carbocycles. The van der Waals surface area contributed by atoms with Crippen molar-refractivity contribution in [3.05, 3.63) is 22.7 Å². The van der Waals surface area contributed by atoms with Crippen LogP contribution in [0.3, 0.4) is 0 Å². The summed E-state index contributed by atoms with van der Waals surface area (Å²) in [5.41, 5.74) is 0.651. The van der Waals surface area contributed by atoms with Crippen LogP contribution in [-0.2, 0) is 6.61 Å². The molecule has 0 aliphatic rings. The number of aliphatic hydroxyl groups excluding tert-OH is 1. The topological polar surface area (TPSA) is 38.7 Å². The van der Waals surface area contributed by atoms with E-state index in [1.165, 1.54) is 0 Å². The van der Waals surface area contributed by atoms with Gasteiger partial charge in [-0.15, -0.1) is 0 Å². The van der Waals surface area contributed by atoms with Gasteiger partial charge in [-0.1, -0.05) is 31.9 Å². The fourth-order valence-electron chi connectivity index (χ4n) is 1.40. The fourth-order valence-corrected chi connectivity index (χ4v) is 1.63. The molecule has 0 bridgehead atoms. The molecular formula is C13H19ClO3. The Morgan fingerprint density at radius 2 is 2.12 bits per heavy atom. The van der Waals surface area contributed by atoms with Crippen molar-refractivity contribution in [1.29, 1.82) is 0 Å². The third-order valence-corrected chi connectivity index (χ3v) is 2.91. The first-order chi connectivity index (χ1) is 8.12. The quantitative estimate of drug-likeness (QED) is 0.851. The number of halogens is 1. The summed E-state index contributed by atoms with van der Waals surface area (Å²) in [4.78, 5) is 0. The minimum Gasteiger partial charge on any atom is -0.493 e. The molecule has 0 aliphatic heterocycles. The van der Waals surface area contributed by atoms with Crippen molar-refractivity contribution in [2.75, 3.05) is 13.7 Å². The first kappa shape index (κ1) is 14.1. The van der Waals surface area contributed by atoms with Gasteiger partial charge >= 0.3 is 0 Å². The Labute approximate surface area is 107 Å². The lowest BCUT2D eigenvalue weighted by Gasteiger charge is -2.16. The zero-order valence-electron chi connectivity index (χ0n) is 10.5. The highest BCUT2D eigenvalue weighted by atomic mass is 35.5. The van der Waals surface area contributed by atoms with Gasteiger partial charge in [-0.2, -0.15) is 0 Å². The molecule has 17 heavy (non-hydrogen) atoms. The maximum atomic E-state index is 9.29. The standard InChI is InChI=1S/C13H19ClO3/c1-4-9(2)8-17-13-10(7-15)5-11(14)6-12(13)16-3/h5-6,9,15H,4,7-8H2,1-3H3. The molecule has 1 unspecified atom stereocenters. The predicted octanol–water partition coefficient (Wildman–Crippen LogP) is 3.27. The first-order valence-electron chi connectivity index (χ1n) is 5.72. The summed E-state index contributed by atoms with van der Waals surface area (Å²) < 4.78 is 10.9. The maximum Gasteiger partial charge on any atom is 0.166 e. The Bertz CT molecular complexity index is 341. The van der Waals surface area contributed by atoms with Crippen LogP contribution in [0.2, 0.25) is 5.02 Å². The smallest absolute Gasteiger partial charge is 0.166 e. The summed E-state index contributed by atoms with van der Waals surface area (Å²) >= 11 is 5.92. The van der Waals surface area contributed by atoms with Gasteiger partial charge in [-0.3, -0.25) is 0 Å². The third kappa shape index (κ3) is 3.79. The number of ether oxygens (including phenoxy) is 2. The van der Waals surface area contributed by atoms with E-state index in [-0.39, 0.29) is 6.61 Å². The number of benzene rings is 1. The minimum absolute atomic E-state index is 0.118. The lowest BCUT2D eigenvalue weighted by Crippen LogP contribution is -2.09. The number of rotatable bonds is 6. The van der Waals surface area contributed by atoms with Gasteiger partial charge in [0.25, 0.3) is 0 Å². The van der Waals surface area contributed by atoms with E-state index in [0.29, 0.717) is 34.6 Å². The molecule has 1 atom stereocenters. The van der Waals surface area contributed by atoms with Crippen molar-refractivity contribution < 1.29 is 14.6 Å². The summed E-state index contributed by atoms with van der Waals surface area (Å²) in [5.74, 6) is 1.60. The van der Waals surface area contributed by atoms with Crippen LogP contribution in [0, 0.1) is 5.92 Å². The van der Waals surface area contributed by atoms with Crippen LogP contribution in [0.5, 0.6) is 11.5 Å². The van der Waals surface area contributed by atoms with E-state index < -0.39 is 0 Å². The average molecular weight is 259 g/mol. The molecule has 0 aromatic heterocycles. The van der Waals surface area contributed by atoms with Crippen LogP contribution < -0.4 is 9.47 Å². The van der Waals surface area contributed by atoms with E-state index in [4.69, 9.17) is 21.1 Å². The first-order valence-corrected chi connectivity index (χ1v) is 6.10. The van der Waals surface area contributed by atoms with E-state index in [1.54, 1.807) is 19.2 Å². The van der Waals surface area contributed by atoms with Crippen molar-refractivity contribution in [2.45, 2.75) is 26.9 Å². The average Bonchev–Trinajstić information content (AvgIpc) is 2.35. The Morgan fingerprint density at radius 3 is 2.65 bits per heavy atom. The molecule has 1 aromatic rings. The van der Waals surface area contributed by atoms with Crippen molar-refractivity contribution in [2.24, 2.45) is 5.92 Å². The van der Waals surface area contributed by atoms with Gasteiger partial charge in [0, 0.05) is 16.7 Å². The molecule has 0 spiro atoms. The Balaban J connectivity index is 2.94. The second-order valence-corrected chi connectivity index (χ2v) is 4.52. The van der Waals surface area contributed by atoms with Crippen LogP contribution in [0.1, 0.15) is 25.8 Å². The van der Waals surface area contributed by atoms with E-state index in [0.717, 1.165) is 6.42 Å². The highest BCUT2D eigenvalue weighted by Gasteiger charge is 2.13. The monoisotopic (exact) mass is 258 g/mol. The molecule has 1 aromatic carbocycles. The predicted molar refractivity (Wildman–Crippen MR) is 68.9 cm³/mol.